The number of aromatic hydroxyl groups is 1. The number of benzene rings is 6. The third-order valence-electron chi connectivity index (χ3n) is 8.41. The topological polar surface area (TPSA) is 255 Å². The molecular weight excluding hydrogens is 821 g/mol. The molecule has 6 rings (SSSR count). The number of fused-ring (bicyclic) bond motifs is 1. The Morgan fingerprint density at radius 2 is 1.22 bits per heavy atom. The number of nitrogen functional groups attached to an aromatic ring is 1. The normalized spacial score (nSPS) is 11.6. The molecule has 6 aromatic carbocycles. The van der Waals surface area contributed by atoms with Crippen molar-refractivity contribution in [1.82, 2.24) is 0 Å². The Labute approximate surface area is 349 Å². The highest BCUT2D eigenvalue weighted by Gasteiger charge is 2.18. The lowest BCUT2D eigenvalue weighted by atomic mass is 10.1. The molecule has 0 heterocycles. The van der Waals surface area contributed by atoms with E-state index in [1.165, 1.54) is 27.4 Å². The average Bonchev–Trinajstić information content (AvgIpc) is 3.26. The number of ether oxygens (including phenoxy) is 3. The highest BCUT2D eigenvalue weighted by molar-refractivity contribution is 7.94. The van der Waals surface area contributed by atoms with E-state index < -0.39 is 0 Å². The Morgan fingerprint density at radius 3 is 1.83 bits per heavy atom. The minimum absolute atomic E-state index is 0.0321. The first kappa shape index (κ1) is 42.9. The number of carbonyl (C=O) groups excluding carboxylic acids is 1. The number of aryl methyl sites for hydroxylation is 1. The van der Waals surface area contributed by atoms with Crippen LogP contribution in [0.3, 0.4) is 0 Å². The summed E-state index contributed by atoms with van der Waals surface area (Å²) in [6, 6.07) is 26.3. The van der Waals surface area contributed by atoms with Crippen molar-refractivity contribution in [2.24, 2.45) is 30.7 Å². The Morgan fingerprint density at radius 1 is 0.650 bits per heavy atom. The molecule has 308 valence electrons. The maximum atomic E-state index is 12.8. The van der Waals surface area contributed by atoms with E-state index in [1.807, 2.05) is 6.92 Å². The Kier molecular flexibility index (Phi) is 14.5. The number of hydrogen-bond acceptors (Lipinski definition) is 20. The van der Waals surface area contributed by atoms with Crippen LogP contribution in [0.1, 0.15) is 15.9 Å². The fourth-order valence-electron chi connectivity index (χ4n) is 5.46. The minimum atomic E-state index is -0.362. The number of hydrogen-bond donors (Lipinski definition) is 5. The molecule has 0 aliphatic rings. The molecule has 0 aliphatic heterocycles. The number of anilines is 2. The van der Waals surface area contributed by atoms with Crippen molar-refractivity contribution in [2.75, 3.05) is 32.4 Å². The van der Waals surface area contributed by atoms with Gasteiger partial charge in [-0.3, -0.25) is 4.79 Å². The van der Waals surface area contributed by atoms with E-state index in [9.17, 15) is 9.90 Å². The van der Waals surface area contributed by atoms with Gasteiger partial charge in [0.05, 0.1) is 61.7 Å². The van der Waals surface area contributed by atoms with Crippen LogP contribution in [0, 0.1) is 6.92 Å². The Hall–Kier alpha value is -6.69. The van der Waals surface area contributed by atoms with Crippen molar-refractivity contribution in [3.8, 4) is 23.0 Å². The molecule has 0 fully saturated rings. The van der Waals surface area contributed by atoms with Crippen molar-refractivity contribution in [3.05, 3.63) is 108 Å². The molecule has 0 unspecified atom stereocenters. The van der Waals surface area contributed by atoms with Gasteiger partial charge < -0.3 is 30.4 Å². The highest BCUT2D eigenvalue weighted by atomic mass is 32.2. The summed E-state index contributed by atoms with van der Waals surface area (Å²) in [7, 11) is 4.36. The molecule has 0 aliphatic carbocycles. The monoisotopic (exact) mass is 854 g/mol. The molecule has 0 aromatic heterocycles. The van der Waals surface area contributed by atoms with E-state index >= 15 is 0 Å². The Balaban J connectivity index is 1.25. The highest BCUT2D eigenvalue weighted by Crippen LogP contribution is 2.47. The zero-order valence-corrected chi connectivity index (χ0v) is 33.6. The van der Waals surface area contributed by atoms with E-state index in [1.54, 1.807) is 91.0 Å². The smallest absolute Gasteiger partial charge is 0.255 e. The summed E-state index contributed by atoms with van der Waals surface area (Å²) in [5, 5.41) is 65.8. The van der Waals surface area contributed by atoms with Gasteiger partial charge in [-0.25, -0.2) is 10.5 Å². The number of nitrogens with zero attached hydrogens (tertiary/aromatic N) is 6. The van der Waals surface area contributed by atoms with Crippen LogP contribution in [0.25, 0.3) is 10.8 Å². The maximum absolute atomic E-state index is 12.8. The van der Waals surface area contributed by atoms with Gasteiger partial charge in [0.15, 0.2) is 5.75 Å². The third-order valence-corrected chi connectivity index (χ3v) is 9.62. The van der Waals surface area contributed by atoms with Crippen LogP contribution in [-0.4, -0.2) is 42.9 Å². The van der Waals surface area contributed by atoms with Gasteiger partial charge in [-0.05, 0) is 96.7 Å². The number of methoxy groups -OCH3 is 3. The SMILES string of the molecule is COc1cc(N=Nc2ccc(SOOO)cc2)c(C)cc1N=Nc1cc(OC)c(N=Nc2c(SOOO)cc3cc(NC(=O)c4ccc(N)cc4)ccc3c2O)cc1OC. The summed E-state index contributed by atoms with van der Waals surface area (Å²) in [4.78, 5) is 13.7. The molecule has 21 heteroatoms. The van der Waals surface area contributed by atoms with Crippen molar-refractivity contribution < 1.29 is 53.4 Å². The van der Waals surface area contributed by atoms with Crippen LogP contribution >= 0.6 is 24.1 Å². The van der Waals surface area contributed by atoms with Crippen molar-refractivity contribution >= 4 is 86.3 Å². The second kappa shape index (κ2) is 20.3. The quantitative estimate of drug-likeness (QED) is 0.0188. The van der Waals surface area contributed by atoms with Gasteiger partial charge in [-0.2, -0.15) is 10.2 Å². The second-order valence-electron chi connectivity index (χ2n) is 12.1. The zero-order valence-electron chi connectivity index (χ0n) is 31.9. The molecular formula is C39H34N8O11S2. The van der Waals surface area contributed by atoms with Gasteiger partial charge >= 0.3 is 0 Å². The molecule has 6 aromatic rings. The zero-order chi connectivity index (χ0) is 42.6. The van der Waals surface area contributed by atoms with E-state index in [0.717, 1.165) is 17.6 Å². The summed E-state index contributed by atoms with van der Waals surface area (Å²) in [5.74, 6) is 0.233. The van der Waals surface area contributed by atoms with Crippen molar-refractivity contribution in [1.29, 1.82) is 0 Å². The second-order valence-corrected chi connectivity index (χ2v) is 13.7. The number of amides is 1. The van der Waals surface area contributed by atoms with Gasteiger partial charge in [0.1, 0.15) is 40.0 Å². The summed E-state index contributed by atoms with van der Waals surface area (Å²) in [5.41, 5.74) is 9.80. The number of nitrogens with one attached hydrogen (secondary N) is 1. The average molecular weight is 855 g/mol. The first-order valence-corrected chi connectivity index (χ1v) is 18.7. The van der Waals surface area contributed by atoms with E-state index in [0.29, 0.717) is 67.5 Å². The molecule has 0 bridgehead atoms. The van der Waals surface area contributed by atoms with E-state index in [2.05, 4.69) is 50.4 Å². The predicted octanol–water partition coefficient (Wildman–Crippen LogP) is 11.8. The molecule has 6 N–H and O–H groups in total. The lowest BCUT2D eigenvalue weighted by molar-refractivity contribution is -0.432. The molecule has 1 amide bonds. The van der Waals surface area contributed by atoms with Crippen molar-refractivity contribution in [3.63, 3.8) is 0 Å². The molecule has 19 nitrogen and oxygen atoms in total. The number of nitrogens with two attached hydrogens (primary N) is 1. The number of rotatable bonds is 17. The van der Waals surface area contributed by atoms with Crippen molar-refractivity contribution in [2.45, 2.75) is 16.7 Å². The van der Waals surface area contributed by atoms with E-state index in [4.69, 9.17) is 34.8 Å². The van der Waals surface area contributed by atoms with Crippen LogP contribution in [0.15, 0.2) is 138 Å². The fraction of sp³-hybridized carbons (Fsp3) is 0.103. The third kappa shape index (κ3) is 10.5. The van der Waals surface area contributed by atoms with Crippen LogP contribution in [0.2, 0.25) is 0 Å². The molecule has 0 saturated heterocycles. The fourth-order valence-corrected chi connectivity index (χ4v) is 6.31. The number of azo groups is 3. The molecule has 0 saturated carbocycles. The molecule has 0 atom stereocenters. The lowest BCUT2D eigenvalue weighted by Gasteiger charge is -2.12. The summed E-state index contributed by atoms with van der Waals surface area (Å²) in [6.45, 7) is 1.84. The summed E-state index contributed by atoms with van der Waals surface area (Å²) >= 11 is 1.39. The standard InChI is InChI=1S/C39H34N8O11S2/c1-21-15-30(33(52-2)18-29(21)43-42-25-9-12-27(13-10-25)59-57-55-50)44-45-31-19-35(54-4)32(20-34(31)53-3)46-47-37-36(60-58-56-51)17-23-16-26(11-14-28(23)38(37)48)41-39(49)22-5-7-24(40)8-6-22/h5-20,48,50-51H,40H2,1-4H3,(H,41,49). The van der Waals surface area contributed by atoms with Gasteiger partial charge in [0.2, 0.25) is 0 Å². The predicted molar refractivity (Wildman–Crippen MR) is 222 cm³/mol. The van der Waals surface area contributed by atoms with Crippen LogP contribution < -0.4 is 25.3 Å². The Bertz CT molecular complexity index is 2580. The molecule has 0 spiro atoms. The van der Waals surface area contributed by atoms with Gasteiger partial charge in [0.25, 0.3) is 5.91 Å². The van der Waals surface area contributed by atoms with Gasteiger partial charge in [0, 0.05) is 45.4 Å². The van der Waals surface area contributed by atoms with Crippen LogP contribution in [0.5, 0.6) is 23.0 Å². The van der Waals surface area contributed by atoms with Crippen LogP contribution in [0.4, 0.5) is 45.5 Å². The van der Waals surface area contributed by atoms with E-state index in [-0.39, 0.29) is 45.1 Å². The van der Waals surface area contributed by atoms with Crippen LogP contribution in [-0.2, 0) is 18.7 Å². The molecule has 0 radical (unpaired) electrons. The lowest BCUT2D eigenvalue weighted by Crippen LogP contribution is -2.11. The van der Waals surface area contributed by atoms with Gasteiger partial charge in [-0.1, -0.05) is 10.1 Å². The first-order chi connectivity index (χ1) is 29.1. The molecule has 60 heavy (non-hydrogen) atoms. The number of phenolic OH excluding ortho intramolecular Hbond substituents is 1. The summed E-state index contributed by atoms with van der Waals surface area (Å²) < 4.78 is 25.9. The number of phenols is 1. The number of carbonyl (C=O) groups is 1. The first-order valence-electron chi connectivity index (χ1n) is 17.2. The maximum Gasteiger partial charge on any atom is 0.255 e. The summed E-state index contributed by atoms with van der Waals surface area (Å²) in [6.07, 6.45) is 0. The largest absolute Gasteiger partial charge is 0.505 e. The minimum Gasteiger partial charge on any atom is -0.505 e. The van der Waals surface area contributed by atoms with Gasteiger partial charge in [-0.15, -0.1) is 29.1 Å².